The zero-order valence-electron chi connectivity index (χ0n) is 18.9. The Bertz CT molecular complexity index is 995. The highest BCUT2D eigenvalue weighted by atomic mass is 35.5. The molecule has 8 heteroatoms. The Labute approximate surface area is 193 Å². The smallest absolute Gasteiger partial charge is 0.410 e. The maximum absolute atomic E-state index is 13.0. The summed E-state index contributed by atoms with van der Waals surface area (Å²) in [7, 11) is 0. The molecule has 7 nitrogen and oxygen atoms in total. The van der Waals surface area contributed by atoms with Crippen molar-refractivity contribution in [2.45, 2.75) is 52.2 Å². The molecule has 0 aromatic heterocycles. The fourth-order valence-corrected chi connectivity index (χ4v) is 3.63. The number of carbonyl (C=O) groups excluding carboxylic acids is 2. The van der Waals surface area contributed by atoms with Crippen LogP contribution in [-0.4, -0.2) is 41.7 Å². The predicted octanol–water partition coefficient (Wildman–Crippen LogP) is 5.26. The largest absolute Gasteiger partial charge is 0.489 e. The van der Waals surface area contributed by atoms with Crippen LogP contribution in [0.1, 0.15) is 49.5 Å². The molecule has 0 bridgehead atoms. The molecule has 2 aromatic carbocycles. The molecule has 0 saturated carbocycles. The van der Waals surface area contributed by atoms with Crippen molar-refractivity contribution in [1.29, 1.82) is 0 Å². The number of amides is 2. The number of nitrogens with zero attached hydrogens (tertiary/aromatic N) is 1. The van der Waals surface area contributed by atoms with Gasteiger partial charge in [-0.05, 0) is 69.7 Å². The predicted molar refractivity (Wildman–Crippen MR) is 126 cm³/mol. The fraction of sp³-hybridized carbons (Fsp3) is 0.417. The highest BCUT2D eigenvalue weighted by Crippen LogP contribution is 2.28. The average Bonchev–Trinajstić information content (AvgIpc) is 2.70. The molecule has 3 N–H and O–H groups in total. The normalized spacial score (nSPS) is 14.7. The Morgan fingerprint density at radius 1 is 1.12 bits per heavy atom. The van der Waals surface area contributed by atoms with Gasteiger partial charge in [0.2, 0.25) is 0 Å². The second-order valence-electron chi connectivity index (χ2n) is 8.95. The molecule has 1 aliphatic heterocycles. The molecule has 1 heterocycles. The number of carbonyl (C=O) groups is 2. The van der Waals surface area contributed by atoms with Gasteiger partial charge in [0.25, 0.3) is 5.91 Å². The van der Waals surface area contributed by atoms with Crippen molar-refractivity contribution in [1.82, 2.24) is 4.90 Å². The van der Waals surface area contributed by atoms with Crippen LogP contribution in [0.4, 0.5) is 16.2 Å². The zero-order chi connectivity index (χ0) is 23.5. The molecule has 1 aliphatic rings. The number of hydrogen-bond acceptors (Lipinski definition) is 5. The van der Waals surface area contributed by atoms with Gasteiger partial charge >= 0.3 is 6.09 Å². The lowest BCUT2D eigenvalue weighted by molar-refractivity contribution is 0.0126. The second-order valence-corrected chi connectivity index (χ2v) is 9.39. The third-order valence-electron chi connectivity index (χ3n) is 5.07. The number of hydrogen-bond donors (Lipinski definition) is 2. The van der Waals surface area contributed by atoms with E-state index in [1.165, 1.54) is 0 Å². The standard InChI is InChI=1S/C24H30ClN3O4/c1-15-13-17(26)6-7-20(15)27-22(29)19-14-16(25)5-8-21(19)31-18-9-11-28(12-10-18)23(30)32-24(2,3)4/h5-8,13-14,18H,9-12,26H2,1-4H3,(H,27,29). The van der Waals surface area contributed by atoms with Gasteiger partial charge in [-0.3, -0.25) is 4.79 Å². The van der Waals surface area contributed by atoms with E-state index in [1.807, 2.05) is 27.7 Å². The van der Waals surface area contributed by atoms with Gasteiger partial charge in [0.15, 0.2) is 0 Å². The maximum atomic E-state index is 13.0. The van der Waals surface area contributed by atoms with E-state index in [0.29, 0.717) is 53.6 Å². The first-order valence-electron chi connectivity index (χ1n) is 10.6. The van der Waals surface area contributed by atoms with Crippen LogP contribution >= 0.6 is 11.6 Å². The highest BCUT2D eigenvalue weighted by molar-refractivity contribution is 6.31. The molecular formula is C24H30ClN3O4. The number of benzene rings is 2. The summed E-state index contributed by atoms with van der Waals surface area (Å²) in [6.07, 6.45) is 0.834. The summed E-state index contributed by atoms with van der Waals surface area (Å²) in [6.45, 7) is 8.47. The number of rotatable bonds is 4. The Morgan fingerprint density at radius 2 is 1.81 bits per heavy atom. The summed E-state index contributed by atoms with van der Waals surface area (Å²) < 4.78 is 11.6. The van der Waals surface area contributed by atoms with E-state index < -0.39 is 5.60 Å². The molecular weight excluding hydrogens is 430 g/mol. The zero-order valence-corrected chi connectivity index (χ0v) is 19.7. The van der Waals surface area contributed by atoms with Crippen molar-refractivity contribution in [2.75, 3.05) is 24.1 Å². The molecule has 172 valence electrons. The van der Waals surface area contributed by atoms with E-state index in [0.717, 1.165) is 5.56 Å². The van der Waals surface area contributed by atoms with Crippen molar-refractivity contribution >= 4 is 35.0 Å². The van der Waals surface area contributed by atoms with E-state index in [2.05, 4.69) is 5.32 Å². The number of nitrogen functional groups attached to an aromatic ring is 1. The first-order valence-corrected chi connectivity index (χ1v) is 11.0. The molecule has 1 saturated heterocycles. The fourth-order valence-electron chi connectivity index (χ4n) is 3.46. The van der Waals surface area contributed by atoms with Crippen molar-refractivity contribution in [3.8, 4) is 5.75 Å². The molecule has 1 fully saturated rings. The van der Waals surface area contributed by atoms with E-state index in [4.69, 9.17) is 26.8 Å². The van der Waals surface area contributed by atoms with Crippen LogP contribution in [0, 0.1) is 6.92 Å². The minimum atomic E-state index is -0.529. The summed E-state index contributed by atoms with van der Waals surface area (Å²) in [4.78, 5) is 26.9. The van der Waals surface area contributed by atoms with Crippen LogP contribution in [-0.2, 0) is 4.74 Å². The van der Waals surface area contributed by atoms with Gasteiger partial charge < -0.3 is 25.4 Å². The molecule has 0 spiro atoms. The van der Waals surface area contributed by atoms with Gasteiger partial charge in [0.1, 0.15) is 17.5 Å². The van der Waals surface area contributed by atoms with E-state index in [1.54, 1.807) is 41.3 Å². The van der Waals surface area contributed by atoms with Crippen molar-refractivity contribution in [2.24, 2.45) is 0 Å². The summed E-state index contributed by atoms with van der Waals surface area (Å²) in [5.74, 6) is 0.136. The van der Waals surface area contributed by atoms with E-state index >= 15 is 0 Å². The van der Waals surface area contributed by atoms with Crippen molar-refractivity contribution in [3.05, 3.63) is 52.5 Å². The first-order chi connectivity index (χ1) is 15.0. The van der Waals surface area contributed by atoms with Gasteiger partial charge in [-0.25, -0.2) is 4.79 Å². The average molecular weight is 460 g/mol. The van der Waals surface area contributed by atoms with Crippen LogP contribution in [0.25, 0.3) is 0 Å². The topological polar surface area (TPSA) is 93.9 Å². The van der Waals surface area contributed by atoms with Crippen LogP contribution in [0.5, 0.6) is 5.75 Å². The number of nitrogens with two attached hydrogens (primary N) is 1. The van der Waals surface area contributed by atoms with Crippen molar-refractivity contribution < 1.29 is 19.1 Å². The van der Waals surface area contributed by atoms with Gasteiger partial charge in [-0.15, -0.1) is 0 Å². The number of piperidine rings is 1. The molecule has 0 aliphatic carbocycles. The Morgan fingerprint density at radius 3 is 2.44 bits per heavy atom. The Balaban J connectivity index is 1.67. The Kier molecular flexibility index (Phi) is 7.19. The number of likely N-dealkylation sites (tertiary alicyclic amines) is 1. The minimum Gasteiger partial charge on any atom is -0.489 e. The molecule has 3 rings (SSSR count). The summed E-state index contributed by atoms with van der Waals surface area (Å²) in [6, 6.07) is 10.3. The lowest BCUT2D eigenvalue weighted by atomic mass is 10.1. The first kappa shape index (κ1) is 23.7. The number of nitrogens with one attached hydrogen (secondary N) is 1. The number of ether oxygens (including phenoxy) is 2. The van der Waals surface area contributed by atoms with Crippen LogP contribution in [0.3, 0.4) is 0 Å². The van der Waals surface area contributed by atoms with Crippen LogP contribution in [0.15, 0.2) is 36.4 Å². The van der Waals surface area contributed by atoms with Crippen LogP contribution in [0.2, 0.25) is 5.02 Å². The summed E-state index contributed by atoms with van der Waals surface area (Å²) in [5.41, 5.74) is 7.77. The van der Waals surface area contributed by atoms with E-state index in [9.17, 15) is 9.59 Å². The molecule has 32 heavy (non-hydrogen) atoms. The quantitative estimate of drug-likeness (QED) is 0.608. The third kappa shape index (κ3) is 6.29. The van der Waals surface area contributed by atoms with Gasteiger partial charge in [0, 0.05) is 42.3 Å². The van der Waals surface area contributed by atoms with E-state index in [-0.39, 0.29) is 18.1 Å². The molecule has 0 unspecified atom stereocenters. The SMILES string of the molecule is Cc1cc(N)ccc1NC(=O)c1cc(Cl)ccc1OC1CCN(C(=O)OC(C)(C)C)CC1. The lowest BCUT2D eigenvalue weighted by Gasteiger charge is -2.33. The van der Waals surface area contributed by atoms with Gasteiger partial charge in [-0.1, -0.05) is 11.6 Å². The second kappa shape index (κ2) is 9.69. The van der Waals surface area contributed by atoms with Gasteiger partial charge in [0.05, 0.1) is 5.56 Å². The number of anilines is 2. The van der Waals surface area contributed by atoms with Crippen LogP contribution < -0.4 is 15.8 Å². The molecule has 2 aromatic rings. The molecule has 2 amide bonds. The highest BCUT2D eigenvalue weighted by Gasteiger charge is 2.28. The number of halogens is 1. The number of aryl methyl sites for hydroxylation is 1. The summed E-state index contributed by atoms with van der Waals surface area (Å²) >= 11 is 6.16. The maximum Gasteiger partial charge on any atom is 0.410 e. The monoisotopic (exact) mass is 459 g/mol. The lowest BCUT2D eigenvalue weighted by Crippen LogP contribution is -2.44. The molecule has 0 atom stereocenters. The van der Waals surface area contributed by atoms with Gasteiger partial charge in [-0.2, -0.15) is 0 Å². The minimum absolute atomic E-state index is 0.125. The van der Waals surface area contributed by atoms with Crippen molar-refractivity contribution in [3.63, 3.8) is 0 Å². The molecule has 0 radical (unpaired) electrons. The summed E-state index contributed by atoms with van der Waals surface area (Å²) in [5, 5.41) is 3.34. The third-order valence-corrected chi connectivity index (χ3v) is 5.31. The Hall–Kier alpha value is -2.93.